The highest BCUT2D eigenvalue weighted by Gasteiger charge is 2.20. The Morgan fingerprint density at radius 1 is 1.38 bits per heavy atom. The molecule has 1 aliphatic heterocycles. The van der Waals surface area contributed by atoms with E-state index in [1.807, 2.05) is 6.92 Å². The molecule has 0 atom stereocenters. The topological polar surface area (TPSA) is 62.6 Å². The Hall–Kier alpha value is -1.74. The van der Waals surface area contributed by atoms with Crippen LogP contribution in [0.15, 0.2) is 16.6 Å². The van der Waals surface area contributed by atoms with E-state index in [2.05, 4.69) is 22.0 Å². The summed E-state index contributed by atoms with van der Waals surface area (Å²) in [6.07, 6.45) is 2.10. The Balaban J connectivity index is 2.11. The van der Waals surface area contributed by atoms with Crippen molar-refractivity contribution in [2.75, 3.05) is 26.3 Å². The van der Waals surface area contributed by atoms with Gasteiger partial charge in [0.2, 0.25) is 0 Å². The highest BCUT2D eigenvalue weighted by atomic mass is 79.9. The summed E-state index contributed by atoms with van der Waals surface area (Å²) >= 11 is 3.36. The van der Waals surface area contributed by atoms with Crippen LogP contribution >= 0.6 is 15.9 Å². The molecule has 1 saturated heterocycles. The van der Waals surface area contributed by atoms with Crippen molar-refractivity contribution >= 4 is 21.8 Å². The number of hydrogen-bond donors (Lipinski definition) is 0. The molecule has 0 aromatic heterocycles. The molecule has 1 aromatic carbocycles. The van der Waals surface area contributed by atoms with Gasteiger partial charge in [-0.25, -0.2) is 0 Å². The van der Waals surface area contributed by atoms with E-state index in [0.717, 1.165) is 25.9 Å². The van der Waals surface area contributed by atoms with Gasteiger partial charge >= 0.3 is 0 Å². The largest absolute Gasteiger partial charge is 0.490 e. The third kappa shape index (κ3) is 3.88. The molecule has 1 fully saturated rings. The van der Waals surface area contributed by atoms with Gasteiger partial charge in [0.25, 0.3) is 5.91 Å². The fourth-order valence-corrected chi connectivity index (χ4v) is 2.78. The fraction of sp³-hybridized carbons (Fsp3) is 0.467. The van der Waals surface area contributed by atoms with Crippen molar-refractivity contribution in [2.24, 2.45) is 0 Å². The molecule has 2 rings (SSSR count). The van der Waals surface area contributed by atoms with Crippen molar-refractivity contribution in [2.45, 2.75) is 19.8 Å². The zero-order valence-electron chi connectivity index (χ0n) is 11.9. The van der Waals surface area contributed by atoms with Gasteiger partial charge in [-0.3, -0.25) is 4.79 Å². The minimum atomic E-state index is -0.0232. The molecule has 1 aromatic rings. The van der Waals surface area contributed by atoms with Gasteiger partial charge in [-0.2, -0.15) is 5.26 Å². The van der Waals surface area contributed by atoms with Gasteiger partial charge in [0, 0.05) is 19.2 Å². The first kappa shape index (κ1) is 15.6. The molecular weight excluding hydrogens is 336 g/mol. The van der Waals surface area contributed by atoms with E-state index < -0.39 is 0 Å². The number of hydrogen-bond acceptors (Lipinski definition) is 4. The number of carbonyl (C=O) groups is 1. The maximum Gasteiger partial charge on any atom is 0.260 e. The number of likely N-dealkylation sites (tertiary alicyclic amines) is 1. The molecule has 21 heavy (non-hydrogen) atoms. The average molecular weight is 353 g/mol. The quantitative estimate of drug-likeness (QED) is 0.817. The SMILES string of the molecule is CCOc1cc(C#N)cc(Br)c1OCC(=O)N1CCCC1. The van der Waals surface area contributed by atoms with Crippen LogP contribution in [0, 0.1) is 11.3 Å². The third-order valence-corrected chi connectivity index (χ3v) is 3.83. The molecule has 0 unspecified atom stereocenters. The van der Waals surface area contributed by atoms with Crippen LogP contribution < -0.4 is 9.47 Å². The van der Waals surface area contributed by atoms with E-state index in [-0.39, 0.29) is 12.5 Å². The lowest BCUT2D eigenvalue weighted by molar-refractivity contribution is -0.132. The Morgan fingerprint density at radius 2 is 2.10 bits per heavy atom. The second-order valence-electron chi connectivity index (χ2n) is 4.71. The molecule has 1 amide bonds. The summed E-state index contributed by atoms with van der Waals surface area (Å²) in [5, 5.41) is 8.98. The number of rotatable bonds is 5. The first-order valence-electron chi connectivity index (χ1n) is 6.92. The van der Waals surface area contributed by atoms with E-state index in [0.29, 0.717) is 28.1 Å². The van der Waals surface area contributed by atoms with Gasteiger partial charge in [0.1, 0.15) is 0 Å². The summed E-state index contributed by atoms with van der Waals surface area (Å²) in [7, 11) is 0. The molecule has 1 heterocycles. The highest BCUT2D eigenvalue weighted by molar-refractivity contribution is 9.10. The number of nitriles is 1. The molecule has 0 saturated carbocycles. The molecule has 0 aliphatic carbocycles. The number of carbonyl (C=O) groups excluding carboxylic acids is 1. The summed E-state index contributed by atoms with van der Waals surface area (Å²) in [5.41, 5.74) is 0.476. The first-order chi connectivity index (χ1) is 10.2. The number of halogens is 1. The van der Waals surface area contributed by atoms with Crippen molar-refractivity contribution in [3.05, 3.63) is 22.2 Å². The zero-order chi connectivity index (χ0) is 15.2. The number of benzene rings is 1. The Kier molecular flexibility index (Phi) is 5.45. The smallest absolute Gasteiger partial charge is 0.260 e. The van der Waals surface area contributed by atoms with E-state index in [9.17, 15) is 4.79 Å². The Morgan fingerprint density at radius 3 is 2.71 bits per heavy atom. The van der Waals surface area contributed by atoms with Crippen LogP contribution in [0.25, 0.3) is 0 Å². The normalized spacial score (nSPS) is 13.9. The van der Waals surface area contributed by atoms with Crippen molar-refractivity contribution < 1.29 is 14.3 Å². The molecule has 5 nitrogen and oxygen atoms in total. The van der Waals surface area contributed by atoms with Gasteiger partial charge in [0.15, 0.2) is 18.1 Å². The lowest BCUT2D eigenvalue weighted by Gasteiger charge is -2.17. The van der Waals surface area contributed by atoms with Gasteiger partial charge in [0.05, 0.1) is 22.7 Å². The van der Waals surface area contributed by atoms with E-state index in [1.165, 1.54) is 0 Å². The van der Waals surface area contributed by atoms with Crippen LogP contribution in [0.5, 0.6) is 11.5 Å². The highest BCUT2D eigenvalue weighted by Crippen LogP contribution is 2.36. The van der Waals surface area contributed by atoms with E-state index >= 15 is 0 Å². The van der Waals surface area contributed by atoms with Crippen LogP contribution in [-0.2, 0) is 4.79 Å². The number of amides is 1. The minimum Gasteiger partial charge on any atom is -0.490 e. The molecular formula is C15H17BrN2O3. The molecule has 112 valence electrons. The zero-order valence-corrected chi connectivity index (χ0v) is 13.5. The summed E-state index contributed by atoms with van der Waals surface area (Å²) in [4.78, 5) is 13.8. The molecule has 0 bridgehead atoms. The lowest BCUT2D eigenvalue weighted by atomic mass is 10.2. The summed E-state index contributed by atoms with van der Waals surface area (Å²) < 4.78 is 11.7. The second-order valence-corrected chi connectivity index (χ2v) is 5.56. The first-order valence-corrected chi connectivity index (χ1v) is 7.72. The van der Waals surface area contributed by atoms with Gasteiger partial charge in [-0.15, -0.1) is 0 Å². The van der Waals surface area contributed by atoms with E-state index in [4.69, 9.17) is 14.7 Å². The van der Waals surface area contributed by atoms with Crippen LogP contribution in [0.3, 0.4) is 0 Å². The monoisotopic (exact) mass is 352 g/mol. The summed E-state index contributed by atoms with van der Waals surface area (Å²) in [6, 6.07) is 5.33. The van der Waals surface area contributed by atoms with Gasteiger partial charge in [-0.1, -0.05) is 0 Å². The number of ether oxygens (including phenoxy) is 2. The van der Waals surface area contributed by atoms with E-state index in [1.54, 1.807) is 17.0 Å². The van der Waals surface area contributed by atoms with Crippen LogP contribution in [-0.4, -0.2) is 37.1 Å². The maximum atomic E-state index is 12.0. The molecule has 0 N–H and O–H groups in total. The lowest BCUT2D eigenvalue weighted by Crippen LogP contribution is -2.32. The van der Waals surface area contributed by atoms with Crippen LogP contribution in [0.2, 0.25) is 0 Å². The van der Waals surface area contributed by atoms with Crippen molar-refractivity contribution in [3.8, 4) is 17.6 Å². The predicted octanol–water partition coefficient (Wildman–Crippen LogP) is 2.72. The summed E-state index contributed by atoms with van der Waals surface area (Å²) in [5.74, 6) is 0.909. The van der Waals surface area contributed by atoms with Crippen molar-refractivity contribution in [1.82, 2.24) is 4.90 Å². The second kappa shape index (κ2) is 7.32. The number of nitrogens with zero attached hydrogens (tertiary/aromatic N) is 2. The van der Waals surface area contributed by atoms with Gasteiger partial charge < -0.3 is 14.4 Å². The Bertz CT molecular complexity index is 563. The third-order valence-electron chi connectivity index (χ3n) is 3.24. The predicted molar refractivity (Wildman–Crippen MR) is 81.3 cm³/mol. The van der Waals surface area contributed by atoms with Crippen LogP contribution in [0.4, 0.5) is 0 Å². The Labute approximate surface area is 132 Å². The average Bonchev–Trinajstić information content (AvgIpc) is 3.00. The molecule has 0 radical (unpaired) electrons. The van der Waals surface area contributed by atoms with Crippen molar-refractivity contribution in [3.63, 3.8) is 0 Å². The summed E-state index contributed by atoms with van der Waals surface area (Å²) in [6.45, 7) is 3.89. The fourth-order valence-electron chi connectivity index (χ4n) is 2.23. The van der Waals surface area contributed by atoms with Crippen LogP contribution in [0.1, 0.15) is 25.3 Å². The van der Waals surface area contributed by atoms with Crippen molar-refractivity contribution in [1.29, 1.82) is 5.26 Å². The molecule has 1 aliphatic rings. The minimum absolute atomic E-state index is 0.0220. The van der Waals surface area contributed by atoms with Gasteiger partial charge in [-0.05, 0) is 41.8 Å². The maximum absolute atomic E-state index is 12.0. The standard InChI is InChI=1S/C15H17BrN2O3/c1-2-20-13-8-11(9-17)7-12(16)15(13)21-10-14(19)18-5-3-4-6-18/h7-8H,2-6,10H2,1H3. The molecule has 0 spiro atoms. The molecule has 6 heteroatoms.